The SMILES string of the molecule is Cc1nc2ccccc2nc1C(NC(=O)c1cccs1)C(C)(C)C. The molecule has 2 heterocycles. The highest BCUT2D eigenvalue weighted by Gasteiger charge is 2.31. The second kappa shape index (κ2) is 6.32. The van der Waals surface area contributed by atoms with Crippen LogP contribution in [0.25, 0.3) is 11.0 Å². The van der Waals surface area contributed by atoms with E-state index in [1.54, 1.807) is 0 Å². The molecule has 2 aromatic heterocycles. The number of hydrogen-bond acceptors (Lipinski definition) is 4. The Labute approximate surface area is 146 Å². The average Bonchev–Trinajstić information content (AvgIpc) is 3.05. The number of aromatic nitrogens is 2. The molecule has 0 saturated carbocycles. The highest BCUT2D eigenvalue weighted by Crippen LogP contribution is 2.34. The van der Waals surface area contributed by atoms with Crippen LogP contribution in [0.4, 0.5) is 0 Å². The minimum absolute atomic E-state index is 0.0701. The van der Waals surface area contributed by atoms with Gasteiger partial charge in [-0.25, -0.2) is 9.97 Å². The van der Waals surface area contributed by atoms with Crippen molar-refractivity contribution in [2.45, 2.75) is 33.7 Å². The molecule has 1 aromatic carbocycles. The van der Waals surface area contributed by atoms with Crippen LogP contribution in [0.1, 0.15) is 47.9 Å². The minimum Gasteiger partial charge on any atom is -0.342 e. The fourth-order valence-corrected chi connectivity index (χ4v) is 3.31. The molecule has 0 spiro atoms. The van der Waals surface area contributed by atoms with Crippen LogP contribution >= 0.6 is 11.3 Å². The molecule has 0 saturated heterocycles. The van der Waals surface area contributed by atoms with Gasteiger partial charge in [0.25, 0.3) is 5.91 Å². The Balaban J connectivity index is 2.03. The van der Waals surface area contributed by atoms with Crippen molar-refractivity contribution in [1.82, 2.24) is 15.3 Å². The Kier molecular flexibility index (Phi) is 4.37. The van der Waals surface area contributed by atoms with Gasteiger partial charge in [-0.15, -0.1) is 11.3 Å². The maximum Gasteiger partial charge on any atom is 0.261 e. The monoisotopic (exact) mass is 339 g/mol. The van der Waals surface area contributed by atoms with Crippen LogP contribution in [-0.4, -0.2) is 15.9 Å². The largest absolute Gasteiger partial charge is 0.342 e. The van der Waals surface area contributed by atoms with E-state index in [4.69, 9.17) is 4.98 Å². The van der Waals surface area contributed by atoms with Crippen LogP contribution in [0.3, 0.4) is 0 Å². The third kappa shape index (κ3) is 3.31. The molecule has 0 aliphatic carbocycles. The zero-order chi connectivity index (χ0) is 17.3. The van der Waals surface area contributed by atoms with Gasteiger partial charge >= 0.3 is 0 Å². The zero-order valence-electron chi connectivity index (χ0n) is 14.3. The van der Waals surface area contributed by atoms with Gasteiger partial charge in [0.15, 0.2) is 0 Å². The van der Waals surface area contributed by atoms with Gasteiger partial charge in [-0.1, -0.05) is 39.0 Å². The smallest absolute Gasteiger partial charge is 0.261 e. The lowest BCUT2D eigenvalue weighted by Gasteiger charge is -2.31. The van der Waals surface area contributed by atoms with Crippen molar-refractivity contribution < 1.29 is 4.79 Å². The number of nitrogens with zero attached hydrogens (tertiary/aromatic N) is 2. The van der Waals surface area contributed by atoms with Crippen molar-refractivity contribution in [1.29, 1.82) is 0 Å². The lowest BCUT2D eigenvalue weighted by molar-refractivity contribution is 0.0903. The lowest BCUT2D eigenvalue weighted by atomic mass is 9.83. The third-order valence-corrected chi connectivity index (χ3v) is 4.81. The second-order valence-corrected chi connectivity index (χ2v) is 7.88. The number of aryl methyl sites for hydroxylation is 1. The molecule has 1 amide bonds. The summed E-state index contributed by atoms with van der Waals surface area (Å²) in [6, 6.07) is 11.3. The van der Waals surface area contributed by atoms with Gasteiger partial charge in [-0.3, -0.25) is 4.79 Å². The molecular formula is C19H21N3OS. The van der Waals surface area contributed by atoms with Crippen LogP contribution in [0, 0.1) is 12.3 Å². The molecule has 0 bridgehead atoms. The highest BCUT2D eigenvalue weighted by molar-refractivity contribution is 7.12. The summed E-state index contributed by atoms with van der Waals surface area (Å²) < 4.78 is 0. The number of carbonyl (C=O) groups is 1. The van der Waals surface area contributed by atoms with Gasteiger partial charge in [-0.05, 0) is 35.9 Å². The van der Waals surface area contributed by atoms with Gasteiger partial charge in [0.1, 0.15) is 0 Å². The van der Waals surface area contributed by atoms with Crippen molar-refractivity contribution in [3.8, 4) is 0 Å². The fourth-order valence-electron chi connectivity index (χ4n) is 2.68. The summed E-state index contributed by atoms with van der Waals surface area (Å²) in [5, 5.41) is 5.06. The summed E-state index contributed by atoms with van der Waals surface area (Å²) in [7, 11) is 0. The zero-order valence-corrected chi connectivity index (χ0v) is 15.1. The van der Waals surface area contributed by atoms with Crippen molar-refractivity contribution in [3.63, 3.8) is 0 Å². The maximum absolute atomic E-state index is 12.6. The molecule has 1 unspecified atom stereocenters. The van der Waals surface area contributed by atoms with E-state index in [0.29, 0.717) is 4.88 Å². The van der Waals surface area contributed by atoms with Crippen LogP contribution in [-0.2, 0) is 0 Å². The highest BCUT2D eigenvalue weighted by atomic mass is 32.1. The van der Waals surface area contributed by atoms with Crippen LogP contribution < -0.4 is 5.32 Å². The summed E-state index contributed by atoms with van der Waals surface area (Å²) in [6.07, 6.45) is 0. The summed E-state index contributed by atoms with van der Waals surface area (Å²) in [5.74, 6) is -0.0701. The molecule has 0 aliphatic rings. The number of hydrogen-bond donors (Lipinski definition) is 1. The Morgan fingerprint density at radius 1 is 1.08 bits per heavy atom. The molecule has 24 heavy (non-hydrogen) atoms. The first-order valence-corrected chi connectivity index (χ1v) is 8.82. The number of carbonyl (C=O) groups excluding carboxylic acids is 1. The van der Waals surface area contributed by atoms with Crippen molar-refractivity contribution in [2.24, 2.45) is 5.41 Å². The molecule has 5 heteroatoms. The number of rotatable bonds is 3. The number of amides is 1. The standard InChI is InChI=1S/C19H21N3OS/c1-12-16(21-14-9-6-5-8-13(14)20-12)17(19(2,3)4)22-18(23)15-10-7-11-24-15/h5-11,17H,1-4H3,(H,22,23). The first kappa shape index (κ1) is 16.6. The van der Waals surface area contributed by atoms with Crippen LogP contribution in [0.15, 0.2) is 41.8 Å². The first-order chi connectivity index (χ1) is 11.4. The molecule has 0 radical (unpaired) electrons. The molecule has 0 aliphatic heterocycles. The van der Waals surface area contributed by atoms with Gasteiger partial charge < -0.3 is 5.32 Å². The van der Waals surface area contributed by atoms with Crippen molar-refractivity contribution in [2.75, 3.05) is 0 Å². The van der Waals surface area contributed by atoms with E-state index in [-0.39, 0.29) is 17.4 Å². The van der Waals surface area contributed by atoms with E-state index in [0.717, 1.165) is 22.4 Å². The molecule has 124 valence electrons. The normalized spacial score (nSPS) is 13.0. The molecule has 1 N–H and O–H groups in total. The van der Waals surface area contributed by atoms with E-state index >= 15 is 0 Å². The van der Waals surface area contributed by atoms with E-state index < -0.39 is 0 Å². The van der Waals surface area contributed by atoms with Gasteiger partial charge in [0, 0.05) is 0 Å². The van der Waals surface area contributed by atoms with E-state index in [1.165, 1.54) is 11.3 Å². The number of nitrogens with one attached hydrogen (secondary N) is 1. The second-order valence-electron chi connectivity index (χ2n) is 6.93. The summed E-state index contributed by atoms with van der Waals surface area (Å²) in [4.78, 5) is 22.7. The van der Waals surface area contributed by atoms with Gasteiger partial charge in [0.05, 0.1) is 33.3 Å². The lowest BCUT2D eigenvalue weighted by Crippen LogP contribution is -2.37. The van der Waals surface area contributed by atoms with Gasteiger partial charge in [0.2, 0.25) is 0 Å². The van der Waals surface area contributed by atoms with E-state index in [2.05, 4.69) is 31.1 Å². The average molecular weight is 339 g/mol. The van der Waals surface area contributed by atoms with Gasteiger partial charge in [-0.2, -0.15) is 0 Å². The minimum atomic E-state index is -0.218. The predicted octanol–water partition coefficient (Wildman–Crippen LogP) is 4.52. The molecule has 4 nitrogen and oxygen atoms in total. The maximum atomic E-state index is 12.6. The number of benzene rings is 1. The van der Waals surface area contributed by atoms with Crippen molar-refractivity contribution >= 4 is 28.3 Å². The Morgan fingerprint density at radius 3 is 2.33 bits per heavy atom. The van der Waals surface area contributed by atoms with E-state index in [9.17, 15) is 4.79 Å². The quantitative estimate of drug-likeness (QED) is 0.763. The summed E-state index contributed by atoms with van der Waals surface area (Å²) >= 11 is 1.44. The topological polar surface area (TPSA) is 54.9 Å². The third-order valence-electron chi connectivity index (χ3n) is 3.94. The molecule has 3 rings (SSSR count). The molecule has 0 fully saturated rings. The van der Waals surface area contributed by atoms with Crippen molar-refractivity contribution in [3.05, 3.63) is 58.0 Å². The Bertz CT molecular complexity index is 866. The number of thiophene rings is 1. The fraction of sp³-hybridized carbons (Fsp3) is 0.316. The number of para-hydroxylation sites is 2. The Morgan fingerprint density at radius 2 is 1.75 bits per heavy atom. The van der Waals surface area contributed by atoms with Crippen LogP contribution in [0.5, 0.6) is 0 Å². The molecular weight excluding hydrogens is 318 g/mol. The molecule has 1 atom stereocenters. The number of fused-ring (bicyclic) bond motifs is 1. The summed E-state index contributed by atoms with van der Waals surface area (Å²) in [5.41, 5.74) is 3.20. The Hall–Kier alpha value is -2.27. The first-order valence-electron chi connectivity index (χ1n) is 7.94. The van der Waals surface area contributed by atoms with Crippen LogP contribution in [0.2, 0.25) is 0 Å². The van der Waals surface area contributed by atoms with E-state index in [1.807, 2.05) is 48.7 Å². The predicted molar refractivity (Wildman–Crippen MR) is 98.3 cm³/mol. The molecule has 3 aromatic rings. The summed E-state index contributed by atoms with van der Waals surface area (Å²) in [6.45, 7) is 8.25.